The van der Waals surface area contributed by atoms with E-state index in [0.29, 0.717) is 6.42 Å². The van der Waals surface area contributed by atoms with E-state index in [4.69, 9.17) is 9.47 Å². The van der Waals surface area contributed by atoms with Crippen molar-refractivity contribution in [2.45, 2.75) is 38.4 Å². The molecular formula is C8H14O3. The van der Waals surface area contributed by atoms with Crippen molar-refractivity contribution >= 4 is 5.97 Å². The van der Waals surface area contributed by atoms with Gasteiger partial charge in [0, 0.05) is 13.5 Å². The fourth-order valence-corrected chi connectivity index (χ4v) is 1.25. The molecule has 1 heterocycles. The van der Waals surface area contributed by atoms with Crippen LogP contribution < -0.4 is 0 Å². The van der Waals surface area contributed by atoms with Gasteiger partial charge in [-0.25, -0.2) is 0 Å². The monoisotopic (exact) mass is 158 g/mol. The van der Waals surface area contributed by atoms with Gasteiger partial charge in [-0.3, -0.25) is 4.79 Å². The van der Waals surface area contributed by atoms with Crippen molar-refractivity contribution in [2.24, 2.45) is 0 Å². The van der Waals surface area contributed by atoms with Crippen molar-refractivity contribution in [3.05, 3.63) is 0 Å². The molecule has 0 aromatic carbocycles. The summed E-state index contributed by atoms with van der Waals surface area (Å²) < 4.78 is 10.2. The van der Waals surface area contributed by atoms with Crippen LogP contribution in [-0.2, 0) is 14.3 Å². The maximum atomic E-state index is 10.8. The molecule has 0 aromatic heterocycles. The highest BCUT2D eigenvalue weighted by molar-refractivity contribution is 5.72. The van der Waals surface area contributed by atoms with Crippen LogP contribution in [0.2, 0.25) is 0 Å². The zero-order valence-corrected chi connectivity index (χ0v) is 7.22. The Labute approximate surface area is 66.7 Å². The van der Waals surface area contributed by atoms with Crippen molar-refractivity contribution in [2.75, 3.05) is 7.11 Å². The lowest BCUT2D eigenvalue weighted by atomic mass is 9.97. The third-order valence-corrected chi connectivity index (χ3v) is 2.39. The summed E-state index contributed by atoms with van der Waals surface area (Å²) in [4.78, 5) is 10.8. The van der Waals surface area contributed by atoms with Gasteiger partial charge in [0.25, 0.3) is 0 Å². The fourth-order valence-electron chi connectivity index (χ4n) is 1.25. The molecule has 64 valence electrons. The van der Waals surface area contributed by atoms with Gasteiger partial charge in [-0.05, 0) is 20.3 Å². The van der Waals surface area contributed by atoms with E-state index in [1.54, 1.807) is 7.11 Å². The van der Waals surface area contributed by atoms with E-state index in [-0.39, 0.29) is 12.1 Å². The summed E-state index contributed by atoms with van der Waals surface area (Å²) in [5.74, 6) is -0.114. The average molecular weight is 158 g/mol. The second-order valence-electron chi connectivity index (χ2n) is 3.16. The topological polar surface area (TPSA) is 35.5 Å². The summed E-state index contributed by atoms with van der Waals surface area (Å²) in [5, 5.41) is 0. The molecule has 3 heteroatoms. The van der Waals surface area contributed by atoms with Crippen LogP contribution in [0.15, 0.2) is 0 Å². The van der Waals surface area contributed by atoms with E-state index in [1.807, 2.05) is 13.8 Å². The molecule has 2 unspecified atom stereocenters. The van der Waals surface area contributed by atoms with Crippen LogP contribution in [0.5, 0.6) is 0 Å². The molecule has 1 rings (SSSR count). The van der Waals surface area contributed by atoms with Gasteiger partial charge in [-0.1, -0.05) is 0 Å². The Bertz CT molecular complexity index is 167. The predicted molar refractivity (Wildman–Crippen MR) is 40.2 cm³/mol. The molecule has 0 radical (unpaired) electrons. The first-order valence-electron chi connectivity index (χ1n) is 3.83. The Morgan fingerprint density at radius 2 is 2.36 bits per heavy atom. The van der Waals surface area contributed by atoms with Gasteiger partial charge in [0.15, 0.2) is 0 Å². The van der Waals surface area contributed by atoms with Crippen molar-refractivity contribution in [3.63, 3.8) is 0 Å². The van der Waals surface area contributed by atoms with E-state index in [2.05, 4.69) is 0 Å². The van der Waals surface area contributed by atoms with Crippen LogP contribution in [0.4, 0.5) is 0 Å². The standard InChI is InChI=1S/C8H14O3/c1-6(10-3)8(2)5-4-7(9)11-8/h6H,4-5H2,1-3H3. The number of rotatable bonds is 2. The molecule has 0 spiro atoms. The summed E-state index contributed by atoms with van der Waals surface area (Å²) in [6.07, 6.45) is 1.26. The van der Waals surface area contributed by atoms with Gasteiger partial charge < -0.3 is 9.47 Å². The molecule has 2 atom stereocenters. The molecule has 3 nitrogen and oxygen atoms in total. The number of esters is 1. The van der Waals surface area contributed by atoms with Crippen molar-refractivity contribution in [1.29, 1.82) is 0 Å². The highest BCUT2D eigenvalue weighted by atomic mass is 16.6. The molecule has 1 aliphatic rings. The number of carbonyl (C=O) groups excluding carboxylic acids is 1. The average Bonchev–Trinajstić information content (AvgIpc) is 2.31. The molecule has 1 saturated heterocycles. The zero-order valence-electron chi connectivity index (χ0n) is 7.22. The third-order valence-electron chi connectivity index (χ3n) is 2.39. The summed E-state index contributed by atoms with van der Waals surface area (Å²) in [6.45, 7) is 3.82. The van der Waals surface area contributed by atoms with Crippen LogP contribution in [0.25, 0.3) is 0 Å². The molecule has 0 amide bonds. The molecule has 0 saturated carbocycles. The lowest BCUT2D eigenvalue weighted by molar-refractivity contribution is -0.156. The molecule has 0 N–H and O–H groups in total. The van der Waals surface area contributed by atoms with Gasteiger partial charge in [-0.2, -0.15) is 0 Å². The highest BCUT2D eigenvalue weighted by Crippen LogP contribution is 2.30. The summed E-state index contributed by atoms with van der Waals surface area (Å²) in [5.41, 5.74) is -0.397. The first-order valence-corrected chi connectivity index (χ1v) is 3.83. The van der Waals surface area contributed by atoms with E-state index in [9.17, 15) is 4.79 Å². The molecule has 1 aliphatic heterocycles. The lowest BCUT2D eigenvalue weighted by Crippen LogP contribution is -2.38. The number of cyclic esters (lactones) is 1. The number of carbonyl (C=O) groups is 1. The summed E-state index contributed by atoms with van der Waals surface area (Å²) in [7, 11) is 1.63. The maximum absolute atomic E-state index is 10.8. The minimum Gasteiger partial charge on any atom is -0.457 e. The Morgan fingerprint density at radius 1 is 1.73 bits per heavy atom. The largest absolute Gasteiger partial charge is 0.457 e. The zero-order chi connectivity index (χ0) is 8.48. The second kappa shape index (κ2) is 2.81. The number of hydrogen-bond acceptors (Lipinski definition) is 3. The van der Waals surface area contributed by atoms with Crippen molar-refractivity contribution in [3.8, 4) is 0 Å². The maximum Gasteiger partial charge on any atom is 0.306 e. The fraction of sp³-hybridized carbons (Fsp3) is 0.875. The number of methoxy groups -OCH3 is 1. The summed E-state index contributed by atoms with van der Waals surface area (Å²) >= 11 is 0. The summed E-state index contributed by atoms with van der Waals surface area (Å²) in [6, 6.07) is 0. The van der Waals surface area contributed by atoms with Crippen LogP contribution in [0, 0.1) is 0 Å². The SMILES string of the molecule is COC(C)C1(C)CCC(=O)O1. The van der Waals surface area contributed by atoms with Gasteiger partial charge >= 0.3 is 5.97 Å². The Balaban J connectivity index is 2.61. The first kappa shape index (κ1) is 8.53. The minimum atomic E-state index is -0.397. The van der Waals surface area contributed by atoms with E-state index >= 15 is 0 Å². The van der Waals surface area contributed by atoms with E-state index in [1.165, 1.54) is 0 Å². The van der Waals surface area contributed by atoms with Crippen LogP contribution >= 0.6 is 0 Å². The molecule has 0 bridgehead atoms. The lowest BCUT2D eigenvalue weighted by Gasteiger charge is -2.28. The first-order chi connectivity index (χ1) is 5.08. The predicted octanol–water partition coefficient (Wildman–Crippen LogP) is 1.12. The van der Waals surface area contributed by atoms with Crippen molar-refractivity contribution < 1.29 is 14.3 Å². The van der Waals surface area contributed by atoms with Crippen molar-refractivity contribution in [1.82, 2.24) is 0 Å². The van der Waals surface area contributed by atoms with E-state index in [0.717, 1.165) is 6.42 Å². The van der Waals surface area contributed by atoms with Crippen LogP contribution in [0.1, 0.15) is 26.7 Å². The van der Waals surface area contributed by atoms with Gasteiger partial charge in [-0.15, -0.1) is 0 Å². The second-order valence-corrected chi connectivity index (χ2v) is 3.16. The van der Waals surface area contributed by atoms with Gasteiger partial charge in [0.05, 0.1) is 6.10 Å². The van der Waals surface area contributed by atoms with Gasteiger partial charge in [0.1, 0.15) is 5.60 Å². The quantitative estimate of drug-likeness (QED) is 0.565. The number of hydrogen-bond donors (Lipinski definition) is 0. The van der Waals surface area contributed by atoms with Crippen LogP contribution in [0.3, 0.4) is 0 Å². The van der Waals surface area contributed by atoms with Gasteiger partial charge in [0.2, 0.25) is 0 Å². The Morgan fingerprint density at radius 3 is 2.73 bits per heavy atom. The molecule has 1 fully saturated rings. The highest BCUT2D eigenvalue weighted by Gasteiger charge is 2.40. The minimum absolute atomic E-state index is 0.0195. The molecule has 0 aromatic rings. The van der Waals surface area contributed by atoms with Crippen LogP contribution in [-0.4, -0.2) is 24.8 Å². The Hall–Kier alpha value is -0.570. The van der Waals surface area contributed by atoms with E-state index < -0.39 is 5.60 Å². The Kier molecular flexibility index (Phi) is 2.18. The molecular weight excluding hydrogens is 144 g/mol. The molecule has 11 heavy (non-hydrogen) atoms. The number of ether oxygens (including phenoxy) is 2. The smallest absolute Gasteiger partial charge is 0.306 e. The normalized spacial score (nSPS) is 33.5. The third kappa shape index (κ3) is 1.53. The molecule has 0 aliphatic carbocycles.